The number of hydrogen-bond donors (Lipinski definition) is 3. The Morgan fingerprint density at radius 1 is 0.913 bits per heavy atom. The van der Waals surface area contributed by atoms with E-state index in [0.717, 1.165) is 4.90 Å². The first-order valence-corrected chi connectivity index (χ1v) is 7.01. The maximum Gasteiger partial charge on any atom is 0.408 e. The summed E-state index contributed by atoms with van der Waals surface area (Å²) in [5.74, 6) is -1.14. The van der Waals surface area contributed by atoms with E-state index in [9.17, 15) is 24.9 Å². The zero-order chi connectivity index (χ0) is 16.8. The third kappa shape index (κ3) is 4.47. The topological polar surface area (TPSA) is 98.1 Å². The van der Waals surface area contributed by atoms with Gasteiger partial charge >= 0.3 is 12.1 Å². The fraction of sp³-hybridized carbons (Fsp3) is 0.176. The van der Waals surface area contributed by atoms with Gasteiger partial charge in [0, 0.05) is 13.0 Å². The van der Waals surface area contributed by atoms with Crippen molar-refractivity contribution < 1.29 is 24.9 Å². The lowest BCUT2D eigenvalue weighted by Crippen LogP contribution is -2.45. The smallest absolute Gasteiger partial charge is 0.408 e. The molecule has 0 aliphatic carbocycles. The third-order valence-corrected chi connectivity index (χ3v) is 3.47. The number of nitrogens with zero attached hydrogens (tertiary/aromatic N) is 1. The molecule has 0 aliphatic rings. The number of hydrogen-bond acceptors (Lipinski definition) is 3. The van der Waals surface area contributed by atoms with Crippen molar-refractivity contribution in [1.82, 2.24) is 4.90 Å². The summed E-state index contributed by atoms with van der Waals surface area (Å²) in [4.78, 5) is 24.0. The highest BCUT2D eigenvalue weighted by Gasteiger charge is 2.29. The average molecular weight is 315 g/mol. The predicted octanol–water partition coefficient (Wildman–Crippen LogP) is 2.57. The second-order valence-electron chi connectivity index (χ2n) is 5.12. The molecular formula is C17H17NO5. The summed E-state index contributed by atoms with van der Waals surface area (Å²) in [6, 6.07) is 13.7. The summed E-state index contributed by atoms with van der Waals surface area (Å²) in [5, 5.41) is 28.1. The number of rotatable bonds is 6. The quantitative estimate of drug-likeness (QED) is 0.761. The molecule has 0 aliphatic heterocycles. The van der Waals surface area contributed by atoms with Gasteiger partial charge in [-0.05, 0) is 23.3 Å². The van der Waals surface area contributed by atoms with Gasteiger partial charge in [0.05, 0.1) is 0 Å². The number of carboxylic acid groups (broad SMARTS) is 2. The van der Waals surface area contributed by atoms with E-state index in [2.05, 4.69) is 0 Å². The van der Waals surface area contributed by atoms with E-state index < -0.39 is 18.1 Å². The number of carbonyl (C=O) groups is 2. The van der Waals surface area contributed by atoms with Crippen LogP contribution >= 0.6 is 0 Å². The van der Waals surface area contributed by atoms with E-state index in [1.54, 1.807) is 42.5 Å². The van der Waals surface area contributed by atoms with Crippen LogP contribution in [0.25, 0.3) is 0 Å². The Balaban J connectivity index is 2.22. The molecule has 0 unspecified atom stereocenters. The van der Waals surface area contributed by atoms with Gasteiger partial charge in [-0.2, -0.15) is 0 Å². The van der Waals surface area contributed by atoms with Crippen LogP contribution in [0.4, 0.5) is 4.79 Å². The standard InChI is InChI=1S/C17H17NO5/c19-14-8-6-12(7-9-14)10-15(16(20)21)18(17(22)23)11-13-4-2-1-3-5-13/h1-9,15,19H,10-11H2,(H,20,21)(H,22,23)/t15-/m0/s1. The highest BCUT2D eigenvalue weighted by atomic mass is 16.4. The lowest BCUT2D eigenvalue weighted by atomic mass is 10.0. The minimum atomic E-state index is -1.29. The lowest BCUT2D eigenvalue weighted by Gasteiger charge is -2.26. The van der Waals surface area contributed by atoms with Crippen molar-refractivity contribution >= 4 is 12.1 Å². The molecular weight excluding hydrogens is 298 g/mol. The summed E-state index contributed by atoms with van der Waals surface area (Å²) in [5.41, 5.74) is 1.35. The Morgan fingerprint density at radius 3 is 2.04 bits per heavy atom. The van der Waals surface area contributed by atoms with E-state index in [1.807, 2.05) is 0 Å². The van der Waals surface area contributed by atoms with Crippen LogP contribution in [0.5, 0.6) is 5.75 Å². The second-order valence-corrected chi connectivity index (χ2v) is 5.12. The van der Waals surface area contributed by atoms with E-state index >= 15 is 0 Å². The Kier molecular flexibility index (Phi) is 5.19. The molecule has 2 rings (SSSR count). The molecule has 3 N–H and O–H groups in total. The molecule has 1 amide bonds. The first-order chi connectivity index (χ1) is 11.0. The van der Waals surface area contributed by atoms with Gasteiger partial charge in [0.25, 0.3) is 0 Å². The van der Waals surface area contributed by atoms with Crippen molar-refractivity contribution in [2.75, 3.05) is 0 Å². The Bertz CT molecular complexity index is 669. The van der Waals surface area contributed by atoms with Crippen LogP contribution in [0.1, 0.15) is 11.1 Å². The molecule has 0 spiro atoms. The first kappa shape index (κ1) is 16.4. The van der Waals surface area contributed by atoms with Gasteiger partial charge in [0.2, 0.25) is 0 Å². The first-order valence-electron chi connectivity index (χ1n) is 7.01. The van der Waals surface area contributed by atoms with E-state index in [0.29, 0.717) is 11.1 Å². The van der Waals surface area contributed by atoms with Crippen molar-refractivity contribution in [2.45, 2.75) is 19.0 Å². The fourth-order valence-electron chi connectivity index (χ4n) is 2.28. The summed E-state index contributed by atoms with van der Waals surface area (Å²) < 4.78 is 0. The molecule has 0 heterocycles. The van der Waals surface area contributed by atoms with Gasteiger partial charge in [-0.3, -0.25) is 4.90 Å². The molecule has 2 aromatic carbocycles. The molecule has 23 heavy (non-hydrogen) atoms. The van der Waals surface area contributed by atoms with Gasteiger partial charge < -0.3 is 15.3 Å². The molecule has 6 nitrogen and oxygen atoms in total. The largest absolute Gasteiger partial charge is 0.508 e. The van der Waals surface area contributed by atoms with Crippen LogP contribution in [0, 0.1) is 0 Å². The van der Waals surface area contributed by atoms with Crippen LogP contribution in [0.3, 0.4) is 0 Å². The van der Waals surface area contributed by atoms with Crippen molar-refractivity contribution in [3.05, 3.63) is 65.7 Å². The Hall–Kier alpha value is -3.02. The van der Waals surface area contributed by atoms with Gasteiger partial charge in [0.15, 0.2) is 0 Å². The average Bonchev–Trinajstić information content (AvgIpc) is 2.53. The molecule has 1 atom stereocenters. The molecule has 0 aromatic heterocycles. The van der Waals surface area contributed by atoms with Gasteiger partial charge in [-0.1, -0.05) is 42.5 Å². The monoisotopic (exact) mass is 315 g/mol. The maximum atomic E-state index is 11.6. The molecule has 0 saturated carbocycles. The molecule has 120 valence electrons. The molecule has 0 radical (unpaired) electrons. The van der Waals surface area contributed by atoms with Crippen LogP contribution in [-0.2, 0) is 17.8 Å². The zero-order valence-electron chi connectivity index (χ0n) is 12.3. The van der Waals surface area contributed by atoms with Gasteiger partial charge in [-0.15, -0.1) is 0 Å². The molecule has 6 heteroatoms. The van der Waals surface area contributed by atoms with Crippen molar-refractivity contribution in [3.63, 3.8) is 0 Å². The van der Waals surface area contributed by atoms with E-state index in [-0.39, 0.29) is 18.7 Å². The summed E-state index contributed by atoms with van der Waals surface area (Å²) in [6.45, 7) is -0.00871. The molecule has 0 fully saturated rings. The van der Waals surface area contributed by atoms with Gasteiger partial charge in [0.1, 0.15) is 11.8 Å². The van der Waals surface area contributed by atoms with Crippen LogP contribution in [-0.4, -0.2) is 38.3 Å². The predicted molar refractivity (Wildman–Crippen MR) is 83.2 cm³/mol. The number of aliphatic carboxylic acids is 1. The van der Waals surface area contributed by atoms with Crippen molar-refractivity contribution in [3.8, 4) is 5.75 Å². The van der Waals surface area contributed by atoms with Gasteiger partial charge in [-0.25, -0.2) is 9.59 Å². The minimum absolute atomic E-state index is 0.00871. The SMILES string of the molecule is O=C(O)[C@H](Cc1ccc(O)cc1)N(Cc1ccccc1)C(=O)O. The lowest BCUT2D eigenvalue weighted by molar-refractivity contribution is -0.142. The number of phenols is 1. The number of amides is 1. The molecule has 0 bridgehead atoms. The Morgan fingerprint density at radius 2 is 1.52 bits per heavy atom. The van der Waals surface area contributed by atoms with E-state index in [1.165, 1.54) is 12.1 Å². The van der Waals surface area contributed by atoms with Crippen molar-refractivity contribution in [1.29, 1.82) is 0 Å². The zero-order valence-corrected chi connectivity index (χ0v) is 12.3. The Labute approximate surface area is 133 Å². The molecule has 0 saturated heterocycles. The maximum absolute atomic E-state index is 11.6. The highest BCUT2D eigenvalue weighted by Crippen LogP contribution is 2.16. The van der Waals surface area contributed by atoms with E-state index in [4.69, 9.17) is 0 Å². The number of aromatic hydroxyl groups is 1. The van der Waals surface area contributed by atoms with Crippen LogP contribution in [0.2, 0.25) is 0 Å². The third-order valence-electron chi connectivity index (χ3n) is 3.47. The van der Waals surface area contributed by atoms with Crippen molar-refractivity contribution in [2.24, 2.45) is 0 Å². The summed E-state index contributed by atoms with van der Waals surface area (Å²) >= 11 is 0. The molecule has 2 aromatic rings. The van der Waals surface area contributed by atoms with Crippen LogP contribution < -0.4 is 0 Å². The number of phenolic OH excluding ortho intramolecular Hbond substituents is 1. The fourth-order valence-corrected chi connectivity index (χ4v) is 2.28. The second kappa shape index (κ2) is 7.31. The summed E-state index contributed by atoms with van der Waals surface area (Å²) in [7, 11) is 0. The van der Waals surface area contributed by atoms with Crippen LogP contribution in [0.15, 0.2) is 54.6 Å². The normalized spacial score (nSPS) is 11.7. The number of benzene rings is 2. The summed E-state index contributed by atoms with van der Waals surface area (Å²) in [6.07, 6.45) is -1.27. The number of carboxylic acids is 1. The highest BCUT2D eigenvalue weighted by molar-refractivity contribution is 5.79. The minimum Gasteiger partial charge on any atom is -0.508 e.